The third kappa shape index (κ3) is 5.45. The molecule has 2 N–H and O–H groups in total. The van der Waals surface area contributed by atoms with Gasteiger partial charge in [0.15, 0.2) is 0 Å². The molecule has 0 fully saturated rings. The number of carboxylic acids is 1. The zero-order valence-electron chi connectivity index (χ0n) is 7.00. The molecule has 0 saturated heterocycles. The third-order valence-corrected chi connectivity index (χ3v) is 1.29. The minimum absolute atomic E-state index is 0.497. The molecule has 0 aliphatic carbocycles. The zero-order chi connectivity index (χ0) is 8.69. The van der Waals surface area contributed by atoms with Gasteiger partial charge in [0, 0.05) is 0 Å². The predicted octanol–water partition coefficient (Wildman–Crippen LogP) is 1.36. The van der Waals surface area contributed by atoms with Crippen molar-refractivity contribution in [3.8, 4) is 0 Å². The zero-order valence-corrected chi connectivity index (χ0v) is 7.00. The van der Waals surface area contributed by atoms with Crippen molar-refractivity contribution in [2.24, 2.45) is 0 Å². The number of allylic oxidation sites excluding steroid dienone is 1. The van der Waals surface area contributed by atoms with Gasteiger partial charge in [0.1, 0.15) is 6.04 Å². The van der Waals surface area contributed by atoms with Gasteiger partial charge in [0.05, 0.1) is 0 Å². The number of rotatable bonds is 5. The molecule has 1 atom stereocenters. The minimum Gasteiger partial charge on any atom is -0.480 e. The van der Waals surface area contributed by atoms with E-state index in [1.165, 1.54) is 0 Å². The Morgan fingerprint density at radius 2 is 2.36 bits per heavy atom. The molecule has 0 aromatic rings. The first kappa shape index (κ1) is 10.0. The van der Waals surface area contributed by atoms with E-state index in [2.05, 4.69) is 12.2 Å². The molecule has 64 valence electrons. The number of nitrogens with one attached hydrogen (secondary N) is 1. The van der Waals surface area contributed by atoms with Crippen LogP contribution in [0.5, 0.6) is 0 Å². The van der Waals surface area contributed by atoms with Gasteiger partial charge in [-0.2, -0.15) is 0 Å². The maximum absolute atomic E-state index is 10.3. The molecule has 3 nitrogen and oxygen atoms in total. The first-order valence-corrected chi connectivity index (χ1v) is 3.82. The van der Waals surface area contributed by atoms with Crippen LogP contribution in [0.2, 0.25) is 0 Å². The normalized spacial score (nSPS) is 13.3. The second-order valence-corrected chi connectivity index (χ2v) is 2.42. The molecule has 1 unspecified atom stereocenters. The highest BCUT2D eigenvalue weighted by Crippen LogP contribution is 1.87. The molecule has 0 spiro atoms. The highest BCUT2D eigenvalue weighted by atomic mass is 16.4. The smallest absolute Gasteiger partial charge is 0.325 e. The van der Waals surface area contributed by atoms with Crippen molar-refractivity contribution in [2.45, 2.75) is 32.7 Å². The maximum Gasteiger partial charge on any atom is 0.325 e. The van der Waals surface area contributed by atoms with E-state index < -0.39 is 12.0 Å². The number of unbranched alkanes of at least 4 members (excludes halogenated alkanes) is 1. The summed E-state index contributed by atoms with van der Waals surface area (Å²) in [6.07, 6.45) is 5.70. The molecule has 0 rings (SSSR count). The monoisotopic (exact) mass is 157 g/mol. The standard InChI is InChI=1S/C8H15NO2/c1-3-4-5-6-9-7(2)8(10)11/h5-7,9H,3-4H2,1-2H3,(H,10,11). The molecule has 11 heavy (non-hydrogen) atoms. The van der Waals surface area contributed by atoms with E-state index in [9.17, 15) is 4.79 Å². The van der Waals surface area contributed by atoms with Crippen molar-refractivity contribution in [1.29, 1.82) is 0 Å². The number of aliphatic carboxylic acids is 1. The fourth-order valence-corrected chi connectivity index (χ4v) is 0.534. The minimum atomic E-state index is -0.828. The van der Waals surface area contributed by atoms with Crippen LogP contribution in [0.4, 0.5) is 0 Å². The largest absolute Gasteiger partial charge is 0.480 e. The second kappa shape index (κ2) is 5.77. The summed E-state index contributed by atoms with van der Waals surface area (Å²) in [5.41, 5.74) is 0. The molecule has 3 heteroatoms. The molecule has 0 heterocycles. The second-order valence-electron chi connectivity index (χ2n) is 2.42. The van der Waals surface area contributed by atoms with Gasteiger partial charge in [-0.15, -0.1) is 0 Å². The fraction of sp³-hybridized carbons (Fsp3) is 0.625. The summed E-state index contributed by atoms with van der Waals surface area (Å²) < 4.78 is 0. The number of hydrogen-bond donors (Lipinski definition) is 2. The highest BCUT2D eigenvalue weighted by molar-refractivity contribution is 5.72. The Morgan fingerprint density at radius 1 is 1.73 bits per heavy atom. The van der Waals surface area contributed by atoms with Crippen molar-refractivity contribution in [3.63, 3.8) is 0 Å². The van der Waals surface area contributed by atoms with Gasteiger partial charge in [0.25, 0.3) is 0 Å². The highest BCUT2D eigenvalue weighted by Gasteiger charge is 2.05. The molecule has 0 saturated carbocycles. The van der Waals surface area contributed by atoms with E-state index in [1.807, 2.05) is 6.08 Å². The van der Waals surface area contributed by atoms with E-state index in [0.29, 0.717) is 0 Å². The van der Waals surface area contributed by atoms with E-state index in [0.717, 1.165) is 12.8 Å². The van der Waals surface area contributed by atoms with E-state index >= 15 is 0 Å². The first-order chi connectivity index (χ1) is 5.18. The summed E-state index contributed by atoms with van der Waals surface area (Å²) >= 11 is 0. The van der Waals surface area contributed by atoms with Crippen molar-refractivity contribution in [2.75, 3.05) is 0 Å². The van der Waals surface area contributed by atoms with Gasteiger partial charge in [-0.25, -0.2) is 0 Å². The summed E-state index contributed by atoms with van der Waals surface area (Å²) in [6, 6.07) is -0.497. The molecule has 0 aromatic heterocycles. The molecule has 0 aliphatic heterocycles. The van der Waals surface area contributed by atoms with Gasteiger partial charge in [-0.1, -0.05) is 19.4 Å². The van der Waals surface area contributed by atoms with E-state index in [1.54, 1.807) is 13.1 Å². The average molecular weight is 157 g/mol. The van der Waals surface area contributed by atoms with Crippen LogP contribution in [-0.2, 0) is 4.79 Å². The molecule has 0 amide bonds. The lowest BCUT2D eigenvalue weighted by atomic mass is 10.3. The van der Waals surface area contributed by atoms with Crippen LogP contribution in [0.15, 0.2) is 12.3 Å². The molecule has 0 bridgehead atoms. The van der Waals surface area contributed by atoms with Crippen molar-refractivity contribution in [1.82, 2.24) is 5.32 Å². The number of carbonyl (C=O) groups is 1. The van der Waals surface area contributed by atoms with Crippen molar-refractivity contribution in [3.05, 3.63) is 12.3 Å². The van der Waals surface area contributed by atoms with Crippen LogP contribution in [-0.4, -0.2) is 17.1 Å². The van der Waals surface area contributed by atoms with Gasteiger partial charge in [-0.3, -0.25) is 4.79 Å². The topological polar surface area (TPSA) is 49.3 Å². The first-order valence-electron chi connectivity index (χ1n) is 3.82. The van der Waals surface area contributed by atoms with E-state index in [4.69, 9.17) is 5.11 Å². The molecular weight excluding hydrogens is 142 g/mol. The Kier molecular flexibility index (Phi) is 5.25. The number of carboxylic acid groups (broad SMARTS) is 1. The van der Waals surface area contributed by atoms with Crippen LogP contribution in [0, 0.1) is 0 Å². The van der Waals surface area contributed by atoms with Gasteiger partial charge >= 0.3 is 5.97 Å². The molecule has 0 radical (unpaired) electrons. The van der Waals surface area contributed by atoms with Crippen LogP contribution in [0.25, 0.3) is 0 Å². The quantitative estimate of drug-likeness (QED) is 0.633. The lowest BCUT2D eigenvalue weighted by Gasteiger charge is -2.04. The lowest BCUT2D eigenvalue weighted by molar-refractivity contribution is -0.138. The summed E-state index contributed by atoms with van der Waals surface area (Å²) in [7, 11) is 0. The maximum atomic E-state index is 10.3. The summed E-state index contributed by atoms with van der Waals surface area (Å²) in [5.74, 6) is -0.828. The summed E-state index contributed by atoms with van der Waals surface area (Å²) in [5, 5.41) is 11.2. The van der Waals surface area contributed by atoms with Crippen LogP contribution in [0.3, 0.4) is 0 Å². The Labute approximate surface area is 67.1 Å². The van der Waals surface area contributed by atoms with Gasteiger partial charge in [-0.05, 0) is 19.5 Å². The van der Waals surface area contributed by atoms with Gasteiger partial charge in [0.2, 0.25) is 0 Å². The Morgan fingerprint density at radius 3 is 2.82 bits per heavy atom. The Balaban J connectivity index is 3.44. The fourth-order valence-electron chi connectivity index (χ4n) is 0.534. The average Bonchev–Trinajstić information content (AvgIpc) is 1.97. The van der Waals surface area contributed by atoms with Gasteiger partial charge < -0.3 is 10.4 Å². The molecular formula is C8H15NO2. The number of hydrogen-bond acceptors (Lipinski definition) is 2. The van der Waals surface area contributed by atoms with Crippen LogP contribution >= 0.6 is 0 Å². The van der Waals surface area contributed by atoms with E-state index in [-0.39, 0.29) is 0 Å². The Hall–Kier alpha value is -0.990. The van der Waals surface area contributed by atoms with Crippen molar-refractivity contribution < 1.29 is 9.90 Å². The third-order valence-electron chi connectivity index (χ3n) is 1.29. The van der Waals surface area contributed by atoms with Crippen molar-refractivity contribution >= 4 is 5.97 Å². The predicted molar refractivity (Wildman–Crippen MR) is 44.3 cm³/mol. The van der Waals surface area contributed by atoms with Crippen LogP contribution < -0.4 is 5.32 Å². The summed E-state index contributed by atoms with van der Waals surface area (Å²) in [4.78, 5) is 10.3. The Bertz CT molecular complexity index is 143. The van der Waals surface area contributed by atoms with Crippen LogP contribution in [0.1, 0.15) is 26.7 Å². The lowest BCUT2D eigenvalue weighted by Crippen LogP contribution is -2.29. The molecule has 0 aliphatic rings. The SMILES string of the molecule is CCCC=CNC(C)C(=O)O. The molecule has 0 aromatic carbocycles. The summed E-state index contributed by atoms with van der Waals surface area (Å²) in [6.45, 7) is 3.68.